The molecule has 0 atom stereocenters. The van der Waals surface area contributed by atoms with Crippen molar-refractivity contribution in [1.82, 2.24) is 4.57 Å². The summed E-state index contributed by atoms with van der Waals surface area (Å²) in [5.41, 5.74) is 31.3. The molecule has 94 heavy (non-hydrogen) atoms. The third kappa shape index (κ3) is 9.60. The van der Waals surface area contributed by atoms with Crippen LogP contribution in [0.4, 0.5) is 34.1 Å². The van der Waals surface area contributed by atoms with Crippen molar-refractivity contribution in [2.45, 2.75) is 150 Å². The largest absolute Gasteiger partial charge is 0.456 e. The van der Waals surface area contributed by atoms with Crippen LogP contribution in [0.5, 0.6) is 0 Å². The molecule has 466 valence electrons. The van der Waals surface area contributed by atoms with Crippen molar-refractivity contribution in [1.29, 1.82) is 0 Å². The van der Waals surface area contributed by atoms with Gasteiger partial charge in [-0.3, -0.25) is 0 Å². The van der Waals surface area contributed by atoms with Gasteiger partial charge in [0.1, 0.15) is 11.2 Å². The van der Waals surface area contributed by atoms with Gasteiger partial charge < -0.3 is 18.8 Å². The second-order valence-corrected chi connectivity index (χ2v) is 33.0. The summed E-state index contributed by atoms with van der Waals surface area (Å²) in [5.74, 6) is 0. The zero-order valence-corrected chi connectivity index (χ0v) is 57.8. The molecule has 0 radical (unpaired) electrons. The lowest BCUT2D eigenvalue weighted by Gasteiger charge is -2.44. The number of aromatic nitrogens is 1. The molecule has 4 nitrogen and oxygen atoms in total. The minimum atomic E-state index is -0.191. The van der Waals surface area contributed by atoms with Crippen molar-refractivity contribution in [3.63, 3.8) is 0 Å². The first-order chi connectivity index (χ1) is 44.6. The summed E-state index contributed by atoms with van der Waals surface area (Å²) >= 11 is 0. The Balaban J connectivity index is 1.02. The Morgan fingerprint density at radius 1 is 0.330 bits per heavy atom. The van der Waals surface area contributed by atoms with E-state index in [0.717, 1.165) is 62.5 Å². The lowest BCUT2D eigenvalue weighted by molar-refractivity contribution is 0.403. The number of fused-ring (bicyclic) bond motifs is 11. The molecule has 4 heterocycles. The molecule has 5 heteroatoms. The first-order valence-corrected chi connectivity index (χ1v) is 34.1. The van der Waals surface area contributed by atoms with E-state index in [2.05, 4.69) is 344 Å². The van der Waals surface area contributed by atoms with Gasteiger partial charge in [0.05, 0.1) is 16.7 Å². The van der Waals surface area contributed by atoms with Crippen molar-refractivity contribution in [3.05, 3.63) is 252 Å². The van der Waals surface area contributed by atoms with Gasteiger partial charge in [-0.1, -0.05) is 256 Å². The lowest BCUT2D eigenvalue weighted by atomic mass is 9.33. The molecular weight excluding hydrogens is 1140 g/mol. The third-order valence-electron chi connectivity index (χ3n) is 21.3. The summed E-state index contributed by atoms with van der Waals surface area (Å²) in [6.45, 7) is 37.6. The number of benzene rings is 11. The fourth-order valence-electron chi connectivity index (χ4n) is 16.4. The summed E-state index contributed by atoms with van der Waals surface area (Å²) in [5, 5.41) is 4.68. The van der Waals surface area contributed by atoms with Gasteiger partial charge >= 0.3 is 0 Å². The summed E-state index contributed by atoms with van der Waals surface area (Å²) in [7, 11) is 0. The van der Waals surface area contributed by atoms with Gasteiger partial charge in [-0.2, -0.15) is 0 Å². The van der Waals surface area contributed by atoms with Crippen LogP contribution in [0.3, 0.4) is 0 Å². The van der Waals surface area contributed by atoms with Crippen molar-refractivity contribution >= 4 is 101 Å². The Hall–Kier alpha value is -9.32. The predicted octanol–water partition coefficient (Wildman–Crippen LogP) is 22.9. The first kappa shape index (κ1) is 59.7. The molecule has 0 saturated carbocycles. The minimum Gasteiger partial charge on any atom is -0.456 e. The van der Waals surface area contributed by atoms with Gasteiger partial charge in [-0.05, 0) is 189 Å². The average Bonchev–Trinajstić information content (AvgIpc) is 0.723. The fraction of sp³-hybridized carbons (Fsp3) is 0.258. The first-order valence-electron chi connectivity index (χ1n) is 34.1. The van der Waals surface area contributed by atoms with Gasteiger partial charge in [-0.15, -0.1) is 0 Å². The van der Waals surface area contributed by atoms with E-state index in [4.69, 9.17) is 4.42 Å². The number of anilines is 6. The number of para-hydroxylation sites is 3. The molecule has 0 bridgehead atoms. The molecule has 13 aromatic rings. The Kier molecular flexibility index (Phi) is 13.1. The number of furan rings is 1. The molecule has 0 fully saturated rings. The van der Waals surface area contributed by atoms with E-state index >= 15 is 0 Å². The molecule has 11 aromatic carbocycles. The van der Waals surface area contributed by atoms with Crippen molar-refractivity contribution < 1.29 is 4.42 Å². The SMILES string of the molecule is CC(C)(C)c1cc(-c2ccc3c(c2)B2c4cc(-c5cc(C(C)(C)C)cc(C(C)(C)C)c5)ccc4N(c4ccc5c(c4)oc4ccccc45)c4cc(-n5c6ccccc6c6ccccc65)cc(c42)N3c2ccc(-c3ccc4c(c3)C(C)(C)CC4(C)C)cc2)cc(C(C)(C)C)c1. The van der Waals surface area contributed by atoms with Gasteiger partial charge in [0.2, 0.25) is 0 Å². The van der Waals surface area contributed by atoms with Crippen LogP contribution in [0.1, 0.15) is 151 Å². The molecule has 0 saturated heterocycles. The van der Waals surface area contributed by atoms with E-state index in [1.54, 1.807) is 0 Å². The second-order valence-electron chi connectivity index (χ2n) is 33.0. The summed E-state index contributed by atoms with van der Waals surface area (Å²) in [4.78, 5) is 5.17. The molecule has 2 aromatic heterocycles. The van der Waals surface area contributed by atoms with Gasteiger partial charge in [0, 0.05) is 61.7 Å². The predicted molar refractivity (Wildman–Crippen MR) is 404 cm³/mol. The molecule has 0 unspecified atom stereocenters. The Labute approximate surface area is 557 Å². The standard InChI is InChI=1S/C89H86BN3O/c1-84(2,3)60-41-58(42-61(48-60)85(4,5)6)56-32-39-77-73(46-56)90-74-47-57(59-43-62(86(7,8)9)49-63(44-59)87(10,11)12)33-40-78(74)92(65-36-37-70-69-25-19-22-28-81(69)94-82(70)52-65)80-51-66(93-75-26-20-17-23-67(75)68-24-18-21-27-76(68)93)50-79(83(80)90)91(77)64-34-29-54(30-35-64)55-31-38-71-72(45-55)89(15,16)53-88(71,13)14/h17-52H,53H2,1-16H3. The van der Waals surface area contributed by atoms with Crippen LogP contribution >= 0.6 is 0 Å². The van der Waals surface area contributed by atoms with E-state index in [9.17, 15) is 0 Å². The van der Waals surface area contributed by atoms with Crippen LogP contribution < -0.4 is 26.2 Å². The highest BCUT2D eigenvalue weighted by atomic mass is 16.3. The number of nitrogens with zero attached hydrogens (tertiary/aromatic N) is 3. The summed E-state index contributed by atoms with van der Waals surface area (Å²) in [6.07, 6.45) is 1.13. The molecule has 0 N–H and O–H groups in total. The topological polar surface area (TPSA) is 24.6 Å². The molecule has 2 aliphatic heterocycles. The zero-order valence-electron chi connectivity index (χ0n) is 57.8. The van der Waals surface area contributed by atoms with Crippen molar-refractivity contribution in [3.8, 4) is 39.1 Å². The fourth-order valence-corrected chi connectivity index (χ4v) is 16.4. The zero-order chi connectivity index (χ0) is 65.5. The van der Waals surface area contributed by atoms with Crippen LogP contribution in [0, 0.1) is 0 Å². The van der Waals surface area contributed by atoms with Gasteiger partial charge in [0.25, 0.3) is 6.71 Å². The highest BCUT2D eigenvalue weighted by Crippen LogP contribution is 2.52. The molecule has 16 rings (SSSR count). The second kappa shape index (κ2) is 20.6. The van der Waals surface area contributed by atoms with Gasteiger partial charge in [-0.25, -0.2) is 0 Å². The van der Waals surface area contributed by atoms with Crippen LogP contribution in [-0.4, -0.2) is 11.3 Å². The molecular formula is C89H86BN3O. The van der Waals surface area contributed by atoms with E-state index in [1.165, 1.54) is 111 Å². The van der Waals surface area contributed by atoms with Crippen LogP contribution in [0.25, 0.3) is 82.8 Å². The van der Waals surface area contributed by atoms with E-state index in [0.29, 0.717) is 0 Å². The van der Waals surface area contributed by atoms with E-state index < -0.39 is 0 Å². The van der Waals surface area contributed by atoms with Crippen molar-refractivity contribution in [2.24, 2.45) is 0 Å². The highest BCUT2D eigenvalue weighted by Gasteiger charge is 2.46. The molecule has 0 spiro atoms. The Bertz CT molecular complexity index is 5170. The van der Waals surface area contributed by atoms with Crippen LogP contribution in [0.2, 0.25) is 0 Å². The Morgan fingerprint density at radius 2 is 0.755 bits per heavy atom. The maximum atomic E-state index is 6.85. The highest BCUT2D eigenvalue weighted by molar-refractivity contribution is 7.00. The minimum absolute atomic E-state index is 0.0631. The summed E-state index contributed by atoms with van der Waals surface area (Å²) < 4.78 is 9.36. The molecule has 3 aliphatic rings. The normalized spacial score (nSPS) is 15.1. The summed E-state index contributed by atoms with van der Waals surface area (Å²) in [6, 6.07) is 84.6. The maximum Gasteiger partial charge on any atom is 0.252 e. The lowest BCUT2D eigenvalue weighted by Crippen LogP contribution is -2.61. The smallest absolute Gasteiger partial charge is 0.252 e. The Morgan fingerprint density at radius 3 is 1.28 bits per heavy atom. The average molecular weight is 1220 g/mol. The van der Waals surface area contributed by atoms with Crippen LogP contribution in [-0.2, 0) is 32.5 Å². The maximum absolute atomic E-state index is 6.85. The van der Waals surface area contributed by atoms with E-state index in [-0.39, 0.29) is 39.2 Å². The van der Waals surface area contributed by atoms with E-state index in [1.807, 2.05) is 0 Å². The quantitative estimate of drug-likeness (QED) is 0.155. The number of hydrogen-bond donors (Lipinski definition) is 0. The number of rotatable bonds is 6. The third-order valence-corrected chi connectivity index (χ3v) is 21.3. The monoisotopic (exact) mass is 1220 g/mol. The molecule has 0 amide bonds. The number of hydrogen-bond acceptors (Lipinski definition) is 3. The van der Waals surface area contributed by atoms with Crippen LogP contribution in [0.15, 0.2) is 223 Å². The van der Waals surface area contributed by atoms with Crippen molar-refractivity contribution in [2.75, 3.05) is 9.80 Å². The molecule has 1 aliphatic carbocycles. The van der Waals surface area contributed by atoms with Gasteiger partial charge in [0.15, 0.2) is 0 Å².